The van der Waals surface area contributed by atoms with E-state index in [1.807, 2.05) is 16.8 Å². The van der Waals surface area contributed by atoms with Crippen molar-refractivity contribution in [2.24, 2.45) is 0 Å². The van der Waals surface area contributed by atoms with Crippen LogP contribution in [0, 0.1) is 11.3 Å². The van der Waals surface area contributed by atoms with Gasteiger partial charge in [0.1, 0.15) is 0 Å². The summed E-state index contributed by atoms with van der Waals surface area (Å²) >= 11 is 0. The lowest BCUT2D eigenvalue weighted by molar-refractivity contribution is -0.122. The number of hydrogen-bond donors (Lipinski definition) is 1. The molecule has 98 valence electrons. The van der Waals surface area contributed by atoms with E-state index in [0.29, 0.717) is 5.56 Å². The van der Waals surface area contributed by atoms with Gasteiger partial charge in [-0.2, -0.15) is 5.26 Å². The zero-order chi connectivity index (χ0) is 13.7. The first-order valence-corrected chi connectivity index (χ1v) is 6.63. The number of hydrogen-bond acceptors (Lipinski definition) is 3. The van der Waals surface area contributed by atoms with Gasteiger partial charge >= 0.3 is 0 Å². The summed E-state index contributed by atoms with van der Waals surface area (Å²) < 4.78 is 1.99. The highest BCUT2D eigenvalue weighted by Gasteiger charge is 2.50. The maximum absolute atomic E-state index is 12.6. The fourth-order valence-electron chi connectivity index (χ4n) is 3.41. The second-order valence-electron chi connectivity index (χ2n) is 5.30. The van der Waals surface area contributed by atoms with Crippen LogP contribution in [0.1, 0.15) is 29.7 Å². The van der Waals surface area contributed by atoms with Crippen LogP contribution >= 0.6 is 0 Å². The Balaban J connectivity index is 1.99. The molecule has 3 heterocycles. The number of nitrogens with one attached hydrogen (secondary N) is 1. The van der Waals surface area contributed by atoms with E-state index >= 15 is 0 Å². The predicted molar refractivity (Wildman–Crippen MR) is 72.0 cm³/mol. The summed E-state index contributed by atoms with van der Waals surface area (Å²) in [6, 6.07) is 7.51. The molecule has 1 unspecified atom stereocenters. The van der Waals surface area contributed by atoms with Crippen LogP contribution in [0.4, 0.5) is 5.69 Å². The van der Waals surface area contributed by atoms with Crippen molar-refractivity contribution in [2.45, 2.75) is 24.8 Å². The molecule has 0 bridgehead atoms. The highest BCUT2D eigenvalue weighted by atomic mass is 16.2. The monoisotopic (exact) mass is 264 g/mol. The molecule has 5 heteroatoms. The van der Waals surface area contributed by atoms with Crippen LogP contribution in [0.3, 0.4) is 0 Å². The number of benzene rings is 1. The molecular weight excluding hydrogens is 252 g/mol. The summed E-state index contributed by atoms with van der Waals surface area (Å²) in [5, 5.41) is 11.9. The van der Waals surface area contributed by atoms with E-state index < -0.39 is 5.54 Å². The van der Waals surface area contributed by atoms with Crippen LogP contribution in [0.25, 0.3) is 0 Å². The van der Waals surface area contributed by atoms with E-state index in [2.05, 4.69) is 16.4 Å². The number of imidazole rings is 1. The second-order valence-corrected chi connectivity index (χ2v) is 5.30. The van der Waals surface area contributed by atoms with Gasteiger partial charge in [-0.25, -0.2) is 4.98 Å². The van der Waals surface area contributed by atoms with Gasteiger partial charge in [-0.3, -0.25) is 4.79 Å². The number of aryl methyl sites for hydroxylation is 1. The number of rotatable bonds is 0. The molecule has 0 aliphatic carbocycles. The highest BCUT2D eigenvalue weighted by Crippen LogP contribution is 2.45. The number of aromatic nitrogens is 2. The third kappa shape index (κ3) is 1.21. The van der Waals surface area contributed by atoms with Crippen molar-refractivity contribution in [3.8, 4) is 6.07 Å². The second kappa shape index (κ2) is 3.70. The SMILES string of the molecule is N#Cc1ccc2c(c1)NC(=O)C21CCCc2cncn21. The summed E-state index contributed by atoms with van der Waals surface area (Å²) in [6.07, 6.45) is 6.23. The molecule has 20 heavy (non-hydrogen) atoms. The largest absolute Gasteiger partial charge is 0.323 e. The minimum atomic E-state index is -0.687. The molecule has 0 saturated carbocycles. The lowest BCUT2D eigenvalue weighted by Gasteiger charge is -2.34. The van der Waals surface area contributed by atoms with Crippen molar-refractivity contribution in [1.82, 2.24) is 9.55 Å². The van der Waals surface area contributed by atoms with E-state index in [4.69, 9.17) is 5.26 Å². The summed E-state index contributed by atoms with van der Waals surface area (Å²) in [4.78, 5) is 16.8. The molecule has 4 rings (SSSR count). The normalized spacial score (nSPS) is 23.1. The lowest BCUT2D eigenvalue weighted by atomic mass is 9.82. The predicted octanol–water partition coefficient (Wildman–Crippen LogP) is 1.79. The molecule has 1 aromatic carbocycles. The van der Waals surface area contributed by atoms with Crippen molar-refractivity contribution >= 4 is 11.6 Å². The van der Waals surface area contributed by atoms with Crippen LogP contribution < -0.4 is 5.32 Å². The van der Waals surface area contributed by atoms with E-state index in [0.717, 1.165) is 36.2 Å². The average molecular weight is 264 g/mol. The van der Waals surface area contributed by atoms with Gasteiger partial charge in [0.05, 0.1) is 18.0 Å². The Morgan fingerprint density at radius 3 is 3.20 bits per heavy atom. The molecule has 0 fully saturated rings. The number of nitrogens with zero attached hydrogens (tertiary/aromatic N) is 3. The zero-order valence-electron chi connectivity index (χ0n) is 10.8. The average Bonchev–Trinajstić information content (AvgIpc) is 3.04. The highest BCUT2D eigenvalue weighted by molar-refractivity contribution is 6.06. The molecule has 1 aromatic heterocycles. The number of carbonyl (C=O) groups excluding carboxylic acids is 1. The van der Waals surface area contributed by atoms with E-state index in [9.17, 15) is 4.79 Å². The first-order valence-electron chi connectivity index (χ1n) is 6.63. The Morgan fingerprint density at radius 2 is 2.35 bits per heavy atom. The molecule has 0 radical (unpaired) electrons. The van der Waals surface area contributed by atoms with Crippen LogP contribution in [-0.4, -0.2) is 15.5 Å². The third-order valence-corrected chi connectivity index (χ3v) is 4.32. The Kier molecular flexibility index (Phi) is 2.08. The van der Waals surface area contributed by atoms with Gasteiger partial charge in [0.25, 0.3) is 5.91 Å². The van der Waals surface area contributed by atoms with Gasteiger partial charge in [-0.1, -0.05) is 6.07 Å². The van der Waals surface area contributed by atoms with Gasteiger partial charge in [-0.05, 0) is 31.4 Å². The van der Waals surface area contributed by atoms with Crippen molar-refractivity contribution in [1.29, 1.82) is 5.26 Å². The van der Waals surface area contributed by atoms with Crippen molar-refractivity contribution < 1.29 is 4.79 Å². The molecule has 0 saturated heterocycles. The molecule has 2 aliphatic heterocycles. The maximum Gasteiger partial charge on any atom is 0.255 e. The van der Waals surface area contributed by atoms with Gasteiger partial charge in [-0.15, -0.1) is 0 Å². The van der Waals surface area contributed by atoms with E-state index in [-0.39, 0.29) is 5.91 Å². The topological polar surface area (TPSA) is 70.7 Å². The molecule has 1 spiro atoms. The Bertz CT molecular complexity index is 770. The van der Waals surface area contributed by atoms with Gasteiger partial charge in [0.15, 0.2) is 5.54 Å². The van der Waals surface area contributed by atoms with Crippen molar-refractivity contribution in [2.75, 3.05) is 5.32 Å². The van der Waals surface area contributed by atoms with Gasteiger partial charge < -0.3 is 9.88 Å². The van der Waals surface area contributed by atoms with Gasteiger partial charge in [0, 0.05) is 23.1 Å². The smallest absolute Gasteiger partial charge is 0.255 e. The molecule has 1 atom stereocenters. The fourth-order valence-corrected chi connectivity index (χ4v) is 3.41. The summed E-state index contributed by atoms with van der Waals surface area (Å²) in [5.41, 5.74) is 2.65. The maximum atomic E-state index is 12.6. The number of carbonyl (C=O) groups is 1. The summed E-state index contributed by atoms with van der Waals surface area (Å²) in [5.74, 6) is -0.0264. The number of fused-ring (bicyclic) bond motifs is 4. The molecule has 2 aliphatic rings. The third-order valence-electron chi connectivity index (χ3n) is 4.32. The van der Waals surface area contributed by atoms with Crippen molar-refractivity contribution in [3.05, 3.63) is 47.5 Å². The van der Waals surface area contributed by atoms with Gasteiger partial charge in [0.2, 0.25) is 0 Å². The Hall–Kier alpha value is -2.61. The Morgan fingerprint density at radius 1 is 1.45 bits per heavy atom. The first-order chi connectivity index (χ1) is 9.75. The molecule has 5 nitrogen and oxygen atoms in total. The fraction of sp³-hybridized carbons (Fsp3) is 0.267. The number of anilines is 1. The number of nitriles is 1. The lowest BCUT2D eigenvalue weighted by Crippen LogP contribution is -2.44. The summed E-state index contributed by atoms with van der Waals surface area (Å²) in [7, 11) is 0. The molecule has 1 N–H and O–H groups in total. The molecule has 1 amide bonds. The van der Waals surface area contributed by atoms with Crippen LogP contribution in [-0.2, 0) is 16.8 Å². The first kappa shape index (κ1) is 11.2. The standard InChI is InChI=1S/C15H12N4O/c16-7-10-3-4-12-13(6-10)18-14(20)15(12)5-1-2-11-8-17-9-19(11)15/h3-4,6,8-9H,1-2,5H2,(H,18,20). The van der Waals surface area contributed by atoms with Crippen LogP contribution in [0.2, 0.25) is 0 Å². The molecular formula is C15H12N4O. The van der Waals surface area contributed by atoms with E-state index in [1.165, 1.54) is 0 Å². The zero-order valence-corrected chi connectivity index (χ0v) is 10.8. The minimum Gasteiger partial charge on any atom is -0.323 e. The van der Waals surface area contributed by atoms with Crippen LogP contribution in [0.15, 0.2) is 30.7 Å². The van der Waals surface area contributed by atoms with E-state index in [1.54, 1.807) is 18.5 Å². The van der Waals surface area contributed by atoms with Crippen molar-refractivity contribution in [3.63, 3.8) is 0 Å². The minimum absolute atomic E-state index is 0.0264. The number of amides is 1. The summed E-state index contributed by atoms with van der Waals surface area (Å²) in [6.45, 7) is 0. The quantitative estimate of drug-likeness (QED) is 0.788. The Labute approximate surface area is 115 Å². The van der Waals surface area contributed by atoms with Crippen LogP contribution in [0.5, 0.6) is 0 Å². The molecule has 2 aromatic rings.